The van der Waals surface area contributed by atoms with Gasteiger partial charge in [0.1, 0.15) is 0 Å². The first-order valence-corrected chi connectivity index (χ1v) is 3.70. The molecule has 0 rings (SSSR count). The predicted octanol–water partition coefficient (Wildman–Crippen LogP) is 1.95. The molecule has 0 saturated heterocycles. The highest BCUT2D eigenvalue weighted by Crippen LogP contribution is 1.76. The lowest BCUT2D eigenvalue weighted by Gasteiger charge is -1.69. The van der Waals surface area contributed by atoms with Crippen LogP contribution in [0.3, 0.4) is 0 Å². The number of nitrogens with one attached hydrogen (secondary N) is 1. The summed E-state index contributed by atoms with van der Waals surface area (Å²) in [6.45, 7) is 4.36. The Kier molecular flexibility index (Phi) is 38.1. The van der Waals surface area contributed by atoms with Gasteiger partial charge in [-0.25, -0.2) is 0 Å². The topological polar surface area (TPSA) is 75.9 Å². The smallest absolute Gasteiger partial charge is 0.183 e. The van der Waals surface area contributed by atoms with Crippen molar-refractivity contribution in [1.82, 2.24) is 0 Å². The molecule has 0 heterocycles. The molecule has 0 bridgehead atoms. The number of unbranched alkanes of at least 4 members (excludes halogenated alkanes) is 1. The van der Waals surface area contributed by atoms with Gasteiger partial charge in [0.25, 0.3) is 0 Å². The van der Waals surface area contributed by atoms with E-state index in [0.717, 1.165) is 0 Å². The first kappa shape index (κ1) is 16.5. The zero-order valence-electron chi connectivity index (χ0n) is 6.32. The van der Waals surface area contributed by atoms with Crippen molar-refractivity contribution in [1.29, 1.82) is 5.41 Å². The Morgan fingerprint density at radius 2 is 1.40 bits per heavy atom. The third-order valence-electron chi connectivity index (χ3n) is 0.500. The molecule has 0 unspecified atom stereocenters. The largest absolute Gasteiger partial charge is 0.370 e. The maximum Gasteiger partial charge on any atom is 0.183 e. The van der Waals surface area contributed by atoms with Crippen LogP contribution < -0.4 is 11.5 Å². The van der Waals surface area contributed by atoms with Gasteiger partial charge in [-0.05, 0) is 0 Å². The van der Waals surface area contributed by atoms with Gasteiger partial charge < -0.3 is 11.5 Å². The van der Waals surface area contributed by atoms with Gasteiger partial charge in [0.05, 0.1) is 0 Å². The highest BCUT2D eigenvalue weighted by molar-refractivity contribution is 14.1. The minimum absolute atomic E-state index is 0.333. The average Bonchev–Trinajstić information content (AvgIpc) is 1.91. The highest BCUT2D eigenvalue weighted by Gasteiger charge is 1.56. The van der Waals surface area contributed by atoms with Gasteiger partial charge in [-0.3, -0.25) is 5.41 Å². The molecule has 5 N–H and O–H groups in total. The van der Waals surface area contributed by atoms with E-state index < -0.39 is 0 Å². The van der Waals surface area contributed by atoms with Crippen LogP contribution in [0.15, 0.2) is 0 Å². The molecular weight excluding hydrogens is 248 g/mol. The molecular formula is C5H15FIN3. The molecule has 3 nitrogen and oxygen atoms in total. The van der Waals surface area contributed by atoms with Crippen LogP contribution in [0.4, 0.5) is 2.86 Å². The molecule has 0 radical (unpaired) electrons. The molecule has 0 atom stereocenters. The van der Waals surface area contributed by atoms with Gasteiger partial charge in [-0.15, -0.1) is 0 Å². The Bertz CT molecular complexity index is 54.9. The summed E-state index contributed by atoms with van der Waals surface area (Å²) in [6, 6.07) is 0. The number of guanidine groups is 1. The molecule has 5 heteroatoms. The lowest BCUT2D eigenvalue weighted by molar-refractivity contribution is 0.886. The maximum atomic E-state index is 9.47. The molecule has 0 aliphatic carbocycles. The number of hydrogen-bond donors (Lipinski definition) is 3. The third-order valence-corrected chi connectivity index (χ3v) is 0.500. The molecule has 0 saturated carbocycles. The first-order valence-electron chi connectivity index (χ1n) is 2.88. The minimum Gasteiger partial charge on any atom is -0.370 e. The molecule has 0 aliphatic heterocycles. The number of hydrogen-bond acceptors (Lipinski definition) is 1. The molecule has 0 aromatic heterocycles. The van der Waals surface area contributed by atoms with E-state index in [4.69, 9.17) is 5.41 Å². The summed E-state index contributed by atoms with van der Waals surface area (Å²) in [5.41, 5.74) is 8.94. The maximum absolute atomic E-state index is 9.47. The Morgan fingerprint density at radius 3 is 1.40 bits per heavy atom. The van der Waals surface area contributed by atoms with E-state index in [9.17, 15) is 2.86 Å². The minimum atomic E-state index is -0.333. The first-order chi connectivity index (χ1) is 4.65. The van der Waals surface area contributed by atoms with Gasteiger partial charge >= 0.3 is 0 Å². The second-order valence-electron chi connectivity index (χ2n) is 1.46. The van der Waals surface area contributed by atoms with Crippen molar-refractivity contribution in [2.24, 2.45) is 11.5 Å². The Labute approximate surface area is 75.8 Å². The fourth-order valence-electron chi connectivity index (χ4n) is 0. The van der Waals surface area contributed by atoms with Crippen LogP contribution in [0.25, 0.3) is 0 Å². The quantitative estimate of drug-likeness (QED) is 0.384. The zero-order chi connectivity index (χ0) is 8.99. The monoisotopic (exact) mass is 263 g/mol. The summed E-state index contributed by atoms with van der Waals surface area (Å²) in [6.07, 6.45) is 2.64. The van der Waals surface area contributed by atoms with Crippen molar-refractivity contribution < 1.29 is 2.86 Å². The molecule has 0 spiro atoms. The highest BCUT2D eigenvalue weighted by atomic mass is 127. The Hall–Kier alpha value is -0.0700. The molecule has 10 heavy (non-hydrogen) atoms. The molecule has 0 amide bonds. The van der Waals surface area contributed by atoms with Crippen LogP contribution in [-0.4, -0.2) is 5.96 Å². The van der Waals surface area contributed by atoms with Crippen LogP contribution in [0.5, 0.6) is 0 Å². The van der Waals surface area contributed by atoms with Crippen molar-refractivity contribution >= 4 is 29.1 Å². The van der Waals surface area contributed by atoms with E-state index in [2.05, 4.69) is 25.3 Å². The van der Waals surface area contributed by atoms with Gasteiger partial charge in [0.15, 0.2) is 29.1 Å². The second-order valence-corrected chi connectivity index (χ2v) is 1.46. The predicted molar refractivity (Wildman–Crippen MR) is 51.8 cm³/mol. The van der Waals surface area contributed by atoms with Crippen molar-refractivity contribution in [2.45, 2.75) is 26.7 Å². The summed E-state index contributed by atoms with van der Waals surface area (Å²) < 4.78 is 9.47. The van der Waals surface area contributed by atoms with E-state index in [-0.39, 0.29) is 5.96 Å². The van der Waals surface area contributed by atoms with E-state index in [1.54, 1.807) is 0 Å². The van der Waals surface area contributed by atoms with Gasteiger partial charge in [-0.1, -0.05) is 26.7 Å². The van der Waals surface area contributed by atoms with Crippen molar-refractivity contribution in [3.8, 4) is 0 Å². The van der Waals surface area contributed by atoms with Gasteiger partial charge in [-0.2, -0.15) is 2.86 Å². The standard InChI is InChI=1S/C4H10.CH5N3.FI/c1-3-4-2;2-1(3)4;1-2/h3-4H2,1-2H3;(H5,2,3,4);. The Balaban J connectivity index is -0.0000000787. The van der Waals surface area contributed by atoms with E-state index in [1.165, 1.54) is 12.8 Å². The fourth-order valence-corrected chi connectivity index (χ4v) is 0. The lowest BCUT2D eigenvalue weighted by Crippen LogP contribution is -2.20. The van der Waals surface area contributed by atoms with E-state index in [0.29, 0.717) is 23.2 Å². The van der Waals surface area contributed by atoms with Crippen molar-refractivity contribution in [3.05, 3.63) is 0 Å². The molecule has 0 aromatic carbocycles. The van der Waals surface area contributed by atoms with Crippen LogP contribution in [-0.2, 0) is 0 Å². The molecule has 0 aliphatic rings. The number of halogens is 2. The number of rotatable bonds is 1. The zero-order valence-corrected chi connectivity index (χ0v) is 8.48. The van der Waals surface area contributed by atoms with Crippen LogP contribution in [0.2, 0.25) is 0 Å². The SMILES string of the molecule is CCCC.FI.N=C(N)N. The lowest BCUT2D eigenvalue weighted by atomic mass is 10.4. The number of nitrogens with two attached hydrogens (primary N) is 2. The van der Waals surface area contributed by atoms with Crippen molar-refractivity contribution in [3.63, 3.8) is 0 Å². The summed E-state index contributed by atoms with van der Waals surface area (Å²) in [4.78, 5) is 0. The summed E-state index contributed by atoms with van der Waals surface area (Å²) >= 11 is 0.650. The summed E-state index contributed by atoms with van der Waals surface area (Å²) in [5.74, 6) is -0.333. The molecule has 0 aromatic rings. The van der Waals surface area contributed by atoms with Crippen LogP contribution >= 0.6 is 23.2 Å². The normalized spacial score (nSPS) is 6.00. The third kappa shape index (κ3) is 440. The van der Waals surface area contributed by atoms with Gasteiger partial charge in [0.2, 0.25) is 0 Å². The molecule has 0 fully saturated rings. The van der Waals surface area contributed by atoms with Crippen LogP contribution in [0, 0.1) is 5.41 Å². The second kappa shape index (κ2) is 23.1. The van der Waals surface area contributed by atoms with Crippen molar-refractivity contribution in [2.75, 3.05) is 0 Å². The van der Waals surface area contributed by atoms with Gasteiger partial charge in [0, 0.05) is 0 Å². The van der Waals surface area contributed by atoms with E-state index in [1.807, 2.05) is 0 Å². The van der Waals surface area contributed by atoms with Crippen LogP contribution in [0.1, 0.15) is 26.7 Å². The fraction of sp³-hybridized carbons (Fsp3) is 0.800. The Morgan fingerprint density at radius 1 is 1.30 bits per heavy atom. The average molecular weight is 263 g/mol. The van der Waals surface area contributed by atoms with E-state index >= 15 is 0 Å². The summed E-state index contributed by atoms with van der Waals surface area (Å²) in [5, 5.41) is 6.06. The summed E-state index contributed by atoms with van der Waals surface area (Å²) in [7, 11) is 0. The molecule has 64 valence electrons.